The topological polar surface area (TPSA) is 58.6 Å². The second kappa shape index (κ2) is 10.3. The van der Waals surface area contributed by atoms with Crippen LogP contribution in [0.25, 0.3) is 0 Å². The summed E-state index contributed by atoms with van der Waals surface area (Å²) in [5.41, 5.74) is 0.705. The number of nitrogens with one attached hydrogen (secondary N) is 1. The largest absolute Gasteiger partial charge is 0.481 e. The number of nitrogens with zero attached hydrogens (tertiary/aromatic N) is 1. The number of para-hydroxylation sites is 1. The predicted molar refractivity (Wildman–Crippen MR) is 107 cm³/mol. The van der Waals surface area contributed by atoms with Crippen LogP contribution in [0.15, 0.2) is 42.5 Å². The molecule has 0 aliphatic rings. The van der Waals surface area contributed by atoms with Crippen LogP contribution in [0.3, 0.4) is 0 Å². The number of carbonyl (C=O) groups excluding carboxylic acids is 2. The first-order chi connectivity index (χ1) is 13.4. The summed E-state index contributed by atoms with van der Waals surface area (Å²) in [7, 11) is 1.50. The van der Waals surface area contributed by atoms with Gasteiger partial charge in [0.25, 0.3) is 5.91 Å². The molecule has 0 bridgehead atoms. The zero-order chi connectivity index (χ0) is 20.7. The third kappa shape index (κ3) is 5.59. The van der Waals surface area contributed by atoms with Gasteiger partial charge < -0.3 is 15.0 Å². The van der Waals surface area contributed by atoms with Crippen LogP contribution in [-0.4, -0.2) is 36.4 Å². The zero-order valence-corrected chi connectivity index (χ0v) is 17.1. The summed E-state index contributed by atoms with van der Waals surface area (Å²) in [6.45, 7) is 1.52. The number of benzene rings is 2. The lowest BCUT2D eigenvalue weighted by Crippen LogP contribution is -2.49. The van der Waals surface area contributed by atoms with Crippen molar-refractivity contribution in [2.45, 2.75) is 25.9 Å². The minimum absolute atomic E-state index is 0.0293. The van der Waals surface area contributed by atoms with Crippen molar-refractivity contribution in [1.29, 1.82) is 0 Å². The molecule has 0 aliphatic heterocycles. The molecule has 2 amide bonds. The molecule has 28 heavy (non-hydrogen) atoms. The van der Waals surface area contributed by atoms with E-state index >= 15 is 0 Å². The number of amides is 2. The highest BCUT2D eigenvalue weighted by Gasteiger charge is 2.28. The monoisotopic (exact) mass is 426 g/mol. The van der Waals surface area contributed by atoms with E-state index in [1.807, 2.05) is 0 Å². The van der Waals surface area contributed by atoms with Crippen molar-refractivity contribution in [3.8, 4) is 5.75 Å². The molecule has 0 radical (unpaired) electrons. The molecule has 150 valence electrons. The van der Waals surface area contributed by atoms with Gasteiger partial charge in [0, 0.05) is 13.6 Å². The lowest BCUT2D eigenvalue weighted by atomic mass is 10.1. The highest BCUT2D eigenvalue weighted by Crippen LogP contribution is 2.24. The fourth-order valence-electron chi connectivity index (χ4n) is 2.70. The molecule has 0 aliphatic carbocycles. The fraction of sp³-hybridized carbons (Fsp3) is 0.300. The van der Waals surface area contributed by atoms with Crippen molar-refractivity contribution < 1.29 is 18.7 Å². The summed E-state index contributed by atoms with van der Waals surface area (Å²) in [6.07, 6.45) is 0.395. The number of rotatable bonds is 8. The summed E-state index contributed by atoms with van der Waals surface area (Å²) in [6, 6.07) is 10.1. The van der Waals surface area contributed by atoms with Gasteiger partial charge in [-0.2, -0.15) is 0 Å². The highest BCUT2D eigenvalue weighted by molar-refractivity contribution is 6.42. The molecular weight excluding hydrogens is 406 g/mol. The van der Waals surface area contributed by atoms with Gasteiger partial charge in [-0.3, -0.25) is 9.59 Å². The first-order valence-corrected chi connectivity index (χ1v) is 9.45. The van der Waals surface area contributed by atoms with Crippen LogP contribution in [-0.2, 0) is 16.1 Å². The molecule has 8 heteroatoms. The molecule has 0 fully saturated rings. The van der Waals surface area contributed by atoms with Gasteiger partial charge in [-0.25, -0.2) is 4.39 Å². The van der Waals surface area contributed by atoms with Crippen LogP contribution in [0.4, 0.5) is 4.39 Å². The maximum atomic E-state index is 13.7. The number of hydrogen-bond donors (Lipinski definition) is 1. The number of halogens is 3. The summed E-state index contributed by atoms with van der Waals surface area (Å²) in [5, 5.41) is 3.30. The molecule has 0 unspecified atom stereocenters. The van der Waals surface area contributed by atoms with Gasteiger partial charge in [0.1, 0.15) is 6.04 Å². The van der Waals surface area contributed by atoms with Gasteiger partial charge in [-0.15, -0.1) is 0 Å². The van der Waals surface area contributed by atoms with Crippen molar-refractivity contribution in [3.05, 3.63) is 63.9 Å². The summed E-state index contributed by atoms with van der Waals surface area (Å²) < 4.78 is 19.1. The van der Waals surface area contributed by atoms with Crippen LogP contribution in [0, 0.1) is 5.82 Å². The van der Waals surface area contributed by atoms with E-state index in [4.69, 9.17) is 27.9 Å². The van der Waals surface area contributed by atoms with Gasteiger partial charge >= 0.3 is 0 Å². The first kappa shape index (κ1) is 22.0. The summed E-state index contributed by atoms with van der Waals surface area (Å²) in [5.74, 6) is -1.35. The van der Waals surface area contributed by atoms with Gasteiger partial charge in [0.05, 0.1) is 10.0 Å². The molecule has 0 heterocycles. The summed E-state index contributed by atoms with van der Waals surface area (Å²) >= 11 is 12.0. The zero-order valence-electron chi connectivity index (χ0n) is 15.5. The number of hydrogen-bond acceptors (Lipinski definition) is 3. The van der Waals surface area contributed by atoms with E-state index in [0.29, 0.717) is 22.0 Å². The van der Waals surface area contributed by atoms with Crippen molar-refractivity contribution in [2.75, 3.05) is 13.7 Å². The maximum absolute atomic E-state index is 13.7. The Labute approximate surface area is 173 Å². The molecule has 2 rings (SSSR count). The molecule has 2 aromatic carbocycles. The van der Waals surface area contributed by atoms with Crippen molar-refractivity contribution in [1.82, 2.24) is 10.2 Å². The maximum Gasteiger partial charge on any atom is 0.261 e. The molecule has 0 aromatic heterocycles. The molecule has 0 spiro atoms. The Morgan fingerprint density at radius 2 is 1.89 bits per heavy atom. The molecule has 0 saturated heterocycles. The van der Waals surface area contributed by atoms with E-state index in [-0.39, 0.29) is 18.2 Å². The lowest BCUT2D eigenvalue weighted by molar-refractivity contribution is -0.142. The summed E-state index contributed by atoms with van der Waals surface area (Å²) in [4.78, 5) is 26.5. The van der Waals surface area contributed by atoms with Crippen LogP contribution in [0.5, 0.6) is 5.75 Å². The first-order valence-electron chi connectivity index (χ1n) is 8.69. The number of likely N-dealkylation sites (N-methyl/N-ethyl adjacent to an activating group) is 1. The normalized spacial score (nSPS) is 11.6. The number of ether oxygens (including phenoxy) is 1. The fourth-order valence-corrected chi connectivity index (χ4v) is 3.03. The second-order valence-corrected chi connectivity index (χ2v) is 6.84. The minimum atomic E-state index is -0.712. The smallest absolute Gasteiger partial charge is 0.261 e. The van der Waals surface area contributed by atoms with E-state index < -0.39 is 24.4 Å². The van der Waals surface area contributed by atoms with Gasteiger partial charge in [-0.1, -0.05) is 48.3 Å². The Balaban J connectivity index is 2.23. The van der Waals surface area contributed by atoms with Gasteiger partial charge in [-0.05, 0) is 36.2 Å². The lowest BCUT2D eigenvalue weighted by Gasteiger charge is -2.30. The molecule has 2 aromatic rings. The van der Waals surface area contributed by atoms with E-state index in [9.17, 15) is 14.0 Å². The Morgan fingerprint density at radius 3 is 2.50 bits per heavy atom. The third-order valence-electron chi connectivity index (χ3n) is 4.16. The Morgan fingerprint density at radius 1 is 1.18 bits per heavy atom. The Kier molecular flexibility index (Phi) is 8.08. The van der Waals surface area contributed by atoms with E-state index in [0.717, 1.165) is 0 Å². The van der Waals surface area contributed by atoms with Crippen molar-refractivity contribution >= 4 is 35.0 Å². The van der Waals surface area contributed by atoms with Crippen molar-refractivity contribution in [3.63, 3.8) is 0 Å². The standard InChI is InChI=1S/C20H21Cl2FN2O3/c1-3-17(20(27)24-2)25(11-13-8-9-14(21)15(22)10-13)19(26)12-28-18-7-5-4-6-16(18)23/h4-10,17H,3,11-12H2,1-2H3,(H,24,27)/t17-/m1/s1. The SMILES string of the molecule is CC[C@H](C(=O)NC)N(Cc1ccc(Cl)c(Cl)c1)C(=O)COc1ccccc1F. The minimum Gasteiger partial charge on any atom is -0.481 e. The van der Waals surface area contributed by atoms with Gasteiger partial charge in [0.15, 0.2) is 18.2 Å². The molecular formula is C20H21Cl2FN2O3. The highest BCUT2D eigenvalue weighted by atomic mass is 35.5. The molecule has 0 saturated carbocycles. The van der Waals surface area contributed by atoms with E-state index in [1.165, 1.54) is 30.1 Å². The average Bonchev–Trinajstić information content (AvgIpc) is 2.69. The second-order valence-electron chi connectivity index (χ2n) is 6.03. The Hall–Kier alpha value is -2.31. The number of carbonyl (C=O) groups is 2. The van der Waals surface area contributed by atoms with Crippen LogP contribution < -0.4 is 10.1 Å². The van der Waals surface area contributed by atoms with Crippen LogP contribution in [0.1, 0.15) is 18.9 Å². The van der Waals surface area contributed by atoms with Crippen LogP contribution in [0.2, 0.25) is 10.0 Å². The van der Waals surface area contributed by atoms with Crippen LogP contribution >= 0.6 is 23.2 Å². The average molecular weight is 427 g/mol. The van der Waals surface area contributed by atoms with Crippen molar-refractivity contribution in [2.24, 2.45) is 0 Å². The molecule has 1 atom stereocenters. The molecule has 1 N–H and O–H groups in total. The van der Waals surface area contributed by atoms with E-state index in [2.05, 4.69) is 5.32 Å². The van der Waals surface area contributed by atoms with Gasteiger partial charge in [0.2, 0.25) is 5.91 Å². The predicted octanol–water partition coefficient (Wildman–Crippen LogP) is 4.06. The third-order valence-corrected chi connectivity index (χ3v) is 4.90. The quantitative estimate of drug-likeness (QED) is 0.691. The Bertz CT molecular complexity index is 848. The van der Waals surface area contributed by atoms with E-state index in [1.54, 1.807) is 31.2 Å². The molecule has 5 nitrogen and oxygen atoms in total.